The van der Waals surface area contributed by atoms with Gasteiger partial charge in [-0.05, 0) is 46.4 Å². The number of rotatable bonds is 7. The van der Waals surface area contributed by atoms with Crippen molar-refractivity contribution in [2.75, 3.05) is 26.2 Å². The van der Waals surface area contributed by atoms with Crippen LogP contribution in [0.2, 0.25) is 0 Å². The third-order valence-electron chi connectivity index (χ3n) is 8.17. The van der Waals surface area contributed by atoms with Gasteiger partial charge in [0.05, 0.1) is 5.92 Å². The molecule has 2 amide bonds. The highest BCUT2D eigenvalue weighted by Gasteiger charge is 2.43. The molecule has 1 saturated heterocycles. The van der Waals surface area contributed by atoms with Crippen molar-refractivity contribution in [3.63, 3.8) is 0 Å². The van der Waals surface area contributed by atoms with Gasteiger partial charge in [0.15, 0.2) is 0 Å². The third kappa shape index (κ3) is 4.51. The lowest BCUT2D eigenvalue weighted by Gasteiger charge is -2.42. The fourth-order valence-electron chi connectivity index (χ4n) is 5.93. The van der Waals surface area contributed by atoms with E-state index in [1.165, 1.54) is 22.3 Å². The highest BCUT2D eigenvalue weighted by Crippen LogP contribution is 2.45. The van der Waals surface area contributed by atoms with E-state index in [1.54, 1.807) is 4.90 Å². The highest BCUT2D eigenvalue weighted by atomic mass is 16.5. The summed E-state index contributed by atoms with van der Waals surface area (Å²) in [6.07, 6.45) is 2.62. The maximum Gasteiger partial charge on any atom is 0.407 e. The Kier molecular flexibility index (Phi) is 6.26. The Labute approximate surface area is 205 Å². The molecule has 1 saturated carbocycles. The van der Waals surface area contributed by atoms with Crippen molar-refractivity contribution < 1.29 is 24.2 Å². The lowest BCUT2D eigenvalue weighted by molar-refractivity contribution is -0.142. The zero-order valence-corrected chi connectivity index (χ0v) is 20.0. The van der Waals surface area contributed by atoms with Gasteiger partial charge in [-0.1, -0.05) is 61.9 Å². The van der Waals surface area contributed by atoms with Crippen LogP contribution in [-0.2, 0) is 14.3 Å². The summed E-state index contributed by atoms with van der Waals surface area (Å²) in [5.41, 5.74) is 4.44. The van der Waals surface area contributed by atoms with Crippen molar-refractivity contribution in [3.8, 4) is 11.1 Å². The number of aliphatic carboxylic acids is 1. The Morgan fingerprint density at radius 2 is 1.66 bits per heavy atom. The van der Waals surface area contributed by atoms with Crippen molar-refractivity contribution in [2.45, 2.75) is 38.5 Å². The Balaban J connectivity index is 1.15. The number of hydrogen-bond donors (Lipinski definition) is 2. The lowest BCUT2D eigenvalue weighted by Crippen LogP contribution is -2.46. The number of hydrogen-bond acceptors (Lipinski definition) is 4. The summed E-state index contributed by atoms with van der Waals surface area (Å²) in [4.78, 5) is 38.6. The van der Waals surface area contributed by atoms with E-state index >= 15 is 0 Å². The molecule has 0 bridgehead atoms. The first kappa shape index (κ1) is 23.4. The van der Waals surface area contributed by atoms with E-state index in [-0.39, 0.29) is 36.3 Å². The fourth-order valence-corrected chi connectivity index (χ4v) is 5.93. The SMILES string of the molecule is CC1CN(C(=O)CC2(CNC(=O)OCC3c4ccccc4-c4ccccc43)CCC2)CC1C(=O)O. The second-order valence-electron chi connectivity index (χ2n) is 10.4. The van der Waals surface area contributed by atoms with E-state index in [0.29, 0.717) is 19.5 Å². The van der Waals surface area contributed by atoms with Crippen LogP contribution >= 0.6 is 0 Å². The van der Waals surface area contributed by atoms with Crippen LogP contribution in [0.15, 0.2) is 48.5 Å². The molecule has 2 fully saturated rings. The first-order valence-electron chi connectivity index (χ1n) is 12.5. The molecule has 2 unspecified atom stereocenters. The summed E-state index contributed by atoms with van der Waals surface area (Å²) in [5.74, 6) is -1.41. The van der Waals surface area contributed by atoms with Gasteiger partial charge in [0.25, 0.3) is 0 Å². The van der Waals surface area contributed by atoms with E-state index in [9.17, 15) is 19.5 Å². The van der Waals surface area contributed by atoms with Crippen molar-refractivity contribution >= 4 is 18.0 Å². The number of ether oxygens (including phenoxy) is 1. The van der Waals surface area contributed by atoms with Gasteiger partial charge < -0.3 is 20.1 Å². The van der Waals surface area contributed by atoms with Crippen LogP contribution in [0.3, 0.4) is 0 Å². The molecular formula is C28H32N2O5. The highest BCUT2D eigenvalue weighted by molar-refractivity contribution is 5.80. The number of amides is 2. The Morgan fingerprint density at radius 3 is 2.20 bits per heavy atom. The monoisotopic (exact) mass is 476 g/mol. The lowest BCUT2D eigenvalue weighted by atomic mass is 9.66. The molecule has 7 heteroatoms. The number of alkyl carbamates (subject to hydrolysis) is 1. The van der Waals surface area contributed by atoms with Crippen molar-refractivity contribution in [2.24, 2.45) is 17.3 Å². The van der Waals surface area contributed by atoms with E-state index < -0.39 is 18.0 Å². The number of carbonyl (C=O) groups is 3. The average molecular weight is 477 g/mol. The minimum Gasteiger partial charge on any atom is -0.481 e. The molecule has 2 N–H and O–H groups in total. The number of carboxylic acids is 1. The summed E-state index contributed by atoms with van der Waals surface area (Å²) in [7, 11) is 0. The van der Waals surface area contributed by atoms with Crippen LogP contribution in [0.25, 0.3) is 11.1 Å². The molecule has 7 nitrogen and oxygen atoms in total. The van der Waals surface area contributed by atoms with Crippen LogP contribution in [0.5, 0.6) is 0 Å². The number of carbonyl (C=O) groups excluding carboxylic acids is 2. The Bertz CT molecular complexity index is 1100. The number of carboxylic acid groups (broad SMARTS) is 1. The van der Waals surface area contributed by atoms with E-state index in [0.717, 1.165) is 19.3 Å². The normalized spacial score (nSPS) is 22.1. The zero-order valence-electron chi connectivity index (χ0n) is 20.0. The number of fused-ring (bicyclic) bond motifs is 3. The molecule has 1 aliphatic heterocycles. The molecule has 5 rings (SSSR count). The Morgan fingerprint density at radius 1 is 1.03 bits per heavy atom. The predicted molar refractivity (Wildman–Crippen MR) is 131 cm³/mol. The summed E-state index contributed by atoms with van der Waals surface area (Å²) < 4.78 is 5.65. The van der Waals surface area contributed by atoms with E-state index in [1.807, 2.05) is 31.2 Å². The minimum absolute atomic E-state index is 0.00623. The molecule has 184 valence electrons. The Hall–Kier alpha value is -3.35. The van der Waals surface area contributed by atoms with Gasteiger partial charge >= 0.3 is 12.1 Å². The van der Waals surface area contributed by atoms with Crippen LogP contribution in [0.4, 0.5) is 4.79 Å². The number of benzene rings is 2. The molecule has 1 heterocycles. The number of nitrogens with one attached hydrogen (secondary N) is 1. The van der Waals surface area contributed by atoms with Crippen molar-refractivity contribution in [1.82, 2.24) is 10.2 Å². The molecule has 2 aromatic carbocycles. The predicted octanol–water partition coefficient (Wildman–Crippen LogP) is 4.26. The maximum atomic E-state index is 12.9. The van der Waals surface area contributed by atoms with Gasteiger partial charge in [-0.2, -0.15) is 0 Å². The second-order valence-corrected chi connectivity index (χ2v) is 10.4. The molecule has 2 aromatic rings. The fraction of sp³-hybridized carbons (Fsp3) is 0.464. The van der Waals surface area contributed by atoms with Crippen molar-refractivity contribution in [3.05, 3.63) is 59.7 Å². The standard InChI is InChI=1S/C28H32N2O5/c1-18-14-30(15-23(18)26(32)33)25(31)13-28(11-6-12-28)17-29-27(34)35-16-24-21-9-4-2-7-19(21)20-8-3-5-10-22(20)24/h2-5,7-10,18,23-24H,6,11-17H2,1H3,(H,29,34)(H,32,33). The average Bonchev–Trinajstić information content (AvgIpc) is 3.37. The van der Waals surface area contributed by atoms with Gasteiger partial charge in [-0.15, -0.1) is 0 Å². The first-order chi connectivity index (χ1) is 16.9. The van der Waals surface area contributed by atoms with Gasteiger partial charge in [0, 0.05) is 32.0 Å². The van der Waals surface area contributed by atoms with E-state index in [2.05, 4.69) is 29.6 Å². The van der Waals surface area contributed by atoms with Crippen molar-refractivity contribution in [1.29, 1.82) is 0 Å². The molecule has 0 spiro atoms. The van der Waals surface area contributed by atoms with Crippen LogP contribution in [0.1, 0.15) is 49.7 Å². The molecular weight excluding hydrogens is 444 g/mol. The van der Waals surface area contributed by atoms with E-state index in [4.69, 9.17) is 4.74 Å². The minimum atomic E-state index is -0.844. The summed E-state index contributed by atoms with van der Waals surface area (Å²) in [6, 6.07) is 16.4. The van der Waals surface area contributed by atoms with Crippen LogP contribution < -0.4 is 5.32 Å². The first-order valence-corrected chi connectivity index (χ1v) is 12.5. The van der Waals surface area contributed by atoms with Gasteiger partial charge in [-0.3, -0.25) is 9.59 Å². The topological polar surface area (TPSA) is 95.9 Å². The van der Waals surface area contributed by atoms with Gasteiger partial charge in [-0.25, -0.2) is 4.79 Å². The summed E-state index contributed by atoms with van der Waals surface area (Å²) in [5, 5.41) is 12.3. The van der Waals surface area contributed by atoms with Crippen LogP contribution in [0, 0.1) is 17.3 Å². The number of nitrogens with zero attached hydrogens (tertiary/aromatic N) is 1. The molecule has 2 atom stereocenters. The quantitative estimate of drug-likeness (QED) is 0.622. The molecule has 3 aliphatic rings. The molecule has 0 radical (unpaired) electrons. The second kappa shape index (κ2) is 9.36. The molecule has 2 aliphatic carbocycles. The summed E-state index contributed by atoms with van der Waals surface area (Å²) >= 11 is 0. The largest absolute Gasteiger partial charge is 0.481 e. The third-order valence-corrected chi connectivity index (χ3v) is 8.17. The molecule has 0 aromatic heterocycles. The van der Waals surface area contributed by atoms with Gasteiger partial charge in [0.2, 0.25) is 5.91 Å². The summed E-state index contributed by atoms with van der Waals surface area (Å²) in [6.45, 7) is 3.27. The molecule has 35 heavy (non-hydrogen) atoms. The smallest absolute Gasteiger partial charge is 0.407 e. The zero-order chi connectivity index (χ0) is 24.6. The van der Waals surface area contributed by atoms with Crippen LogP contribution in [-0.4, -0.2) is 54.2 Å². The number of likely N-dealkylation sites (tertiary alicyclic amines) is 1. The maximum absolute atomic E-state index is 12.9. The van der Waals surface area contributed by atoms with Gasteiger partial charge in [0.1, 0.15) is 6.61 Å².